The number of nitrogens with zero attached hydrogens (tertiary/aromatic N) is 1. The molecular formula is C8H8N2O5. The highest BCUT2D eigenvalue weighted by Crippen LogP contribution is 2.28. The third kappa shape index (κ3) is 2.20. The van der Waals surface area contributed by atoms with Crippen molar-refractivity contribution < 1.29 is 19.9 Å². The second-order valence-corrected chi connectivity index (χ2v) is 2.82. The number of carboxylic acid groups (broad SMARTS) is 1. The highest BCUT2D eigenvalue weighted by molar-refractivity contribution is 5.75. The highest BCUT2D eigenvalue weighted by Gasteiger charge is 2.19. The Hall–Kier alpha value is -2.15. The molecule has 0 aromatic heterocycles. The summed E-state index contributed by atoms with van der Waals surface area (Å²) in [4.78, 5) is 20.1. The molecule has 15 heavy (non-hydrogen) atoms. The molecule has 4 N–H and O–H groups in total. The number of carboxylic acids is 1. The summed E-state index contributed by atoms with van der Waals surface area (Å²) in [5.74, 6) is -1.88. The average Bonchev–Trinajstić information content (AvgIpc) is 2.15. The lowest BCUT2D eigenvalue weighted by Gasteiger charge is -2.06. The number of benzene rings is 1. The molecule has 0 aliphatic rings. The van der Waals surface area contributed by atoms with Crippen LogP contribution in [0.2, 0.25) is 0 Å². The third-order valence-corrected chi connectivity index (χ3v) is 1.82. The van der Waals surface area contributed by atoms with Gasteiger partial charge in [-0.15, -0.1) is 0 Å². The number of rotatable bonds is 3. The molecule has 0 saturated carbocycles. The number of hydrogen-bond donors (Lipinski definition) is 3. The maximum Gasteiger partial charge on any atom is 0.325 e. The Kier molecular flexibility index (Phi) is 2.86. The molecule has 1 aromatic rings. The van der Waals surface area contributed by atoms with Crippen LogP contribution in [-0.4, -0.2) is 21.1 Å². The smallest absolute Gasteiger partial charge is 0.325 e. The third-order valence-electron chi connectivity index (χ3n) is 1.82. The zero-order valence-corrected chi connectivity index (χ0v) is 7.45. The first-order valence-corrected chi connectivity index (χ1v) is 3.89. The van der Waals surface area contributed by atoms with Gasteiger partial charge >= 0.3 is 11.7 Å². The Labute approximate surface area is 83.9 Å². The number of nitrogens with two attached hydrogens (primary N) is 1. The van der Waals surface area contributed by atoms with Gasteiger partial charge in [-0.05, 0) is 17.7 Å². The molecule has 0 saturated heterocycles. The van der Waals surface area contributed by atoms with Gasteiger partial charge in [0.1, 0.15) is 6.04 Å². The highest BCUT2D eigenvalue weighted by atomic mass is 16.6. The van der Waals surface area contributed by atoms with Gasteiger partial charge in [0, 0.05) is 6.07 Å². The molecule has 0 fully saturated rings. The van der Waals surface area contributed by atoms with Gasteiger partial charge in [0.2, 0.25) is 0 Å². The van der Waals surface area contributed by atoms with Crippen molar-refractivity contribution in [2.24, 2.45) is 5.73 Å². The van der Waals surface area contributed by atoms with E-state index in [-0.39, 0.29) is 5.56 Å². The summed E-state index contributed by atoms with van der Waals surface area (Å²) in [5.41, 5.74) is 4.87. The van der Waals surface area contributed by atoms with Crippen LogP contribution in [0.5, 0.6) is 5.75 Å². The van der Waals surface area contributed by atoms with Crippen LogP contribution < -0.4 is 5.73 Å². The number of nitro groups is 1. The zero-order chi connectivity index (χ0) is 11.6. The van der Waals surface area contributed by atoms with Crippen LogP contribution in [-0.2, 0) is 4.79 Å². The largest absolute Gasteiger partial charge is 0.502 e. The first-order valence-electron chi connectivity index (χ1n) is 3.89. The predicted octanol–water partition coefficient (Wildman–Crippen LogP) is 0.385. The van der Waals surface area contributed by atoms with E-state index in [0.717, 1.165) is 12.1 Å². The van der Waals surface area contributed by atoms with E-state index >= 15 is 0 Å². The average molecular weight is 212 g/mol. The monoisotopic (exact) mass is 212 g/mol. The van der Waals surface area contributed by atoms with Crippen LogP contribution in [0.3, 0.4) is 0 Å². The Bertz CT molecular complexity index is 417. The maximum atomic E-state index is 10.5. The lowest BCUT2D eigenvalue weighted by molar-refractivity contribution is -0.385. The normalized spacial score (nSPS) is 12.1. The standard InChI is InChI=1S/C8H8N2O5/c9-7(8(12)13)4-1-2-5(10(14)15)6(11)3-4/h1-3,7,11H,9H2,(H,12,13). The molecule has 7 heteroatoms. The maximum absolute atomic E-state index is 10.5. The topological polar surface area (TPSA) is 127 Å². The van der Waals surface area contributed by atoms with Crippen LogP contribution in [0.4, 0.5) is 5.69 Å². The van der Waals surface area contributed by atoms with E-state index in [9.17, 15) is 20.0 Å². The fourth-order valence-electron chi connectivity index (χ4n) is 1.03. The van der Waals surface area contributed by atoms with Crippen molar-refractivity contribution in [3.05, 3.63) is 33.9 Å². The Morgan fingerprint density at radius 3 is 2.53 bits per heavy atom. The van der Waals surface area contributed by atoms with Gasteiger partial charge in [0.05, 0.1) is 4.92 Å². The van der Waals surface area contributed by atoms with E-state index in [4.69, 9.17) is 10.8 Å². The van der Waals surface area contributed by atoms with Crippen LogP contribution in [0.25, 0.3) is 0 Å². The Morgan fingerprint density at radius 1 is 1.53 bits per heavy atom. The summed E-state index contributed by atoms with van der Waals surface area (Å²) in [5, 5.41) is 28.1. The molecule has 1 unspecified atom stereocenters. The molecule has 80 valence electrons. The minimum absolute atomic E-state index is 0.102. The van der Waals surface area contributed by atoms with E-state index in [1.54, 1.807) is 0 Å². The van der Waals surface area contributed by atoms with Crippen molar-refractivity contribution in [3.8, 4) is 5.75 Å². The van der Waals surface area contributed by atoms with Crippen molar-refractivity contribution in [2.75, 3.05) is 0 Å². The lowest BCUT2D eigenvalue weighted by atomic mass is 10.1. The van der Waals surface area contributed by atoms with Crippen molar-refractivity contribution in [2.45, 2.75) is 6.04 Å². The number of aliphatic carboxylic acids is 1. The molecular weight excluding hydrogens is 204 g/mol. The number of aromatic hydroxyl groups is 1. The second-order valence-electron chi connectivity index (χ2n) is 2.82. The van der Waals surface area contributed by atoms with Crippen molar-refractivity contribution in [1.82, 2.24) is 0 Å². The summed E-state index contributed by atoms with van der Waals surface area (Å²) >= 11 is 0. The van der Waals surface area contributed by atoms with Gasteiger partial charge in [0.25, 0.3) is 0 Å². The predicted molar refractivity (Wildman–Crippen MR) is 49.3 cm³/mol. The number of phenols is 1. The molecule has 7 nitrogen and oxygen atoms in total. The molecule has 0 amide bonds. The first kappa shape index (κ1) is 10.9. The van der Waals surface area contributed by atoms with E-state index in [1.807, 2.05) is 0 Å². The van der Waals surface area contributed by atoms with E-state index in [2.05, 4.69) is 0 Å². The van der Waals surface area contributed by atoms with Gasteiger partial charge in [-0.25, -0.2) is 0 Å². The SMILES string of the molecule is NC(C(=O)O)c1ccc([N+](=O)[O-])c(O)c1. The minimum Gasteiger partial charge on any atom is -0.502 e. The van der Waals surface area contributed by atoms with Crippen molar-refractivity contribution in [3.63, 3.8) is 0 Å². The molecule has 0 aliphatic heterocycles. The summed E-state index contributed by atoms with van der Waals surface area (Å²) in [6.07, 6.45) is 0. The van der Waals surface area contributed by atoms with E-state index in [0.29, 0.717) is 0 Å². The molecule has 0 radical (unpaired) electrons. The minimum atomic E-state index is -1.31. The Balaban J connectivity index is 3.12. The van der Waals surface area contributed by atoms with Crippen molar-refractivity contribution >= 4 is 11.7 Å². The molecule has 1 atom stereocenters. The number of hydrogen-bond acceptors (Lipinski definition) is 5. The fourth-order valence-corrected chi connectivity index (χ4v) is 1.03. The number of phenolic OH excluding ortho intramolecular Hbond substituents is 1. The van der Waals surface area contributed by atoms with Gasteiger partial charge in [0.15, 0.2) is 5.75 Å². The summed E-state index contributed by atoms with van der Waals surface area (Å²) in [6, 6.07) is 1.86. The Morgan fingerprint density at radius 2 is 2.13 bits per heavy atom. The van der Waals surface area contributed by atoms with Crippen LogP contribution in [0.1, 0.15) is 11.6 Å². The zero-order valence-electron chi connectivity index (χ0n) is 7.45. The molecule has 0 aliphatic carbocycles. The lowest BCUT2D eigenvalue weighted by Crippen LogP contribution is -2.20. The van der Waals surface area contributed by atoms with Gasteiger partial charge in [-0.3, -0.25) is 14.9 Å². The van der Waals surface area contributed by atoms with E-state index in [1.165, 1.54) is 6.07 Å². The van der Waals surface area contributed by atoms with Crippen LogP contribution in [0.15, 0.2) is 18.2 Å². The fraction of sp³-hybridized carbons (Fsp3) is 0.125. The molecule has 0 spiro atoms. The van der Waals surface area contributed by atoms with Gasteiger partial charge in [-0.1, -0.05) is 0 Å². The first-order chi connectivity index (χ1) is 6.93. The van der Waals surface area contributed by atoms with E-state index < -0.39 is 28.4 Å². The quantitative estimate of drug-likeness (QED) is 0.491. The van der Waals surface area contributed by atoms with Crippen LogP contribution >= 0.6 is 0 Å². The van der Waals surface area contributed by atoms with Crippen molar-refractivity contribution in [1.29, 1.82) is 0 Å². The molecule has 0 heterocycles. The van der Waals surface area contributed by atoms with Gasteiger partial charge in [-0.2, -0.15) is 0 Å². The number of carbonyl (C=O) groups is 1. The second kappa shape index (κ2) is 3.93. The molecule has 0 bridgehead atoms. The molecule has 1 rings (SSSR count). The summed E-state index contributed by atoms with van der Waals surface area (Å²) < 4.78 is 0. The van der Waals surface area contributed by atoms with Crippen LogP contribution in [0, 0.1) is 10.1 Å². The summed E-state index contributed by atoms with van der Waals surface area (Å²) in [6.45, 7) is 0. The van der Waals surface area contributed by atoms with Gasteiger partial charge < -0.3 is 15.9 Å². The summed E-state index contributed by atoms with van der Waals surface area (Å²) in [7, 11) is 0. The number of nitro benzene ring substituents is 1. The molecule has 1 aromatic carbocycles.